The molecule has 0 radical (unpaired) electrons. The lowest BCUT2D eigenvalue weighted by molar-refractivity contribution is -0.146. The molecule has 72 valence electrons. The summed E-state index contributed by atoms with van der Waals surface area (Å²) in [6, 6.07) is 0. The van der Waals surface area contributed by atoms with Crippen LogP contribution in [0.2, 0.25) is 0 Å². The lowest BCUT2D eigenvalue weighted by Crippen LogP contribution is -2.27. The summed E-state index contributed by atoms with van der Waals surface area (Å²) >= 11 is 0. The molecule has 1 fully saturated rings. The van der Waals surface area contributed by atoms with E-state index in [2.05, 4.69) is 20.8 Å². The maximum atomic E-state index is 5.74. The summed E-state index contributed by atoms with van der Waals surface area (Å²) in [6.45, 7) is 6.54. The first-order valence-electron chi connectivity index (χ1n) is 4.80. The standard InChI is InChI=1S/C10H20O2/c1-5-6-8-7-9(11-4)12-10(8,2)3/h8-9H,5-7H2,1-4H3. The second-order valence-electron chi connectivity index (χ2n) is 4.11. The third kappa shape index (κ3) is 1.99. The fraction of sp³-hybridized carbons (Fsp3) is 1.00. The van der Waals surface area contributed by atoms with Gasteiger partial charge in [-0.25, -0.2) is 0 Å². The molecule has 2 nitrogen and oxygen atoms in total. The van der Waals surface area contributed by atoms with E-state index in [1.54, 1.807) is 7.11 Å². The fourth-order valence-electron chi connectivity index (χ4n) is 1.96. The van der Waals surface area contributed by atoms with Crippen LogP contribution >= 0.6 is 0 Å². The molecule has 0 saturated carbocycles. The van der Waals surface area contributed by atoms with Gasteiger partial charge in [-0.1, -0.05) is 13.3 Å². The first-order valence-corrected chi connectivity index (χ1v) is 4.80. The van der Waals surface area contributed by atoms with E-state index < -0.39 is 0 Å². The van der Waals surface area contributed by atoms with Crippen LogP contribution in [0.1, 0.15) is 40.0 Å². The van der Waals surface area contributed by atoms with Crippen molar-refractivity contribution < 1.29 is 9.47 Å². The van der Waals surface area contributed by atoms with E-state index in [1.165, 1.54) is 12.8 Å². The maximum Gasteiger partial charge on any atom is 0.158 e. The predicted octanol–water partition coefficient (Wildman–Crippen LogP) is 2.57. The number of hydrogen-bond donors (Lipinski definition) is 0. The molecule has 0 amide bonds. The molecule has 12 heavy (non-hydrogen) atoms. The zero-order valence-corrected chi connectivity index (χ0v) is 8.59. The highest BCUT2D eigenvalue weighted by Crippen LogP contribution is 2.38. The van der Waals surface area contributed by atoms with Crippen molar-refractivity contribution >= 4 is 0 Å². The summed E-state index contributed by atoms with van der Waals surface area (Å²) in [7, 11) is 1.72. The third-order valence-electron chi connectivity index (χ3n) is 2.80. The highest BCUT2D eigenvalue weighted by atomic mass is 16.7. The van der Waals surface area contributed by atoms with Gasteiger partial charge in [-0.2, -0.15) is 0 Å². The van der Waals surface area contributed by atoms with Crippen LogP contribution in [0.25, 0.3) is 0 Å². The van der Waals surface area contributed by atoms with Crippen molar-refractivity contribution in [3.8, 4) is 0 Å². The lowest BCUT2D eigenvalue weighted by atomic mass is 9.87. The van der Waals surface area contributed by atoms with Crippen LogP contribution in [0.5, 0.6) is 0 Å². The van der Waals surface area contributed by atoms with Gasteiger partial charge in [-0.15, -0.1) is 0 Å². The van der Waals surface area contributed by atoms with E-state index in [-0.39, 0.29) is 11.9 Å². The van der Waals surface area contributed by atoms with Gasteiger partial charge in [0.1, 0.15) is 0 Å². The average Bonchev–Trinajstić information content (AvgIpc) is 2.28. The topological polar surface area (TPSA) is 18.5 Å². The maximum absolute atomic E-state index is 5.74. The molecule has 0 aromatic carbocycles. The number of ether oxygens (including phenoxy) is 2. The first-order chi connectivity index (χ1) is 5.60. The Kier molecular flexibility index (Phi) is 3.13. The Morgan fingerprint density at radius 2 is 2.17 bits per heavy atom. The number of rotatable bonds is 3. The summed E-state index contributed by atoms with van der Waals surface area (Å²) in [5.74, 6) is 0.660. The molecule has 0 bridgehead atoms. The summed E-state index contributed by atoms with van der Waals surface area (Å²) in [5, 5.41) is 0. The number of methoxy groups -OCH3 is 1. The predicted molar refractivity (Wildman–Crippen MR) is 49.0 cm³/mol. The smallest absolute Gasteiger partial charge is 0.158 e. The highest BCUT2D eigenvalue weighted by molar-refractivity contribution is 4.86. The Hall–Kier alpha value is -0.0800. The minimum Gasteiger partial charge on any atom is -0.356 e. The number of hydrogen-bond acceptors (Lipinski definition) is 2. The molecule has 1 aliphatic rings. The van der Waals surface area contributed by atoms with E-state index in [9.17, 15) is 0 Å². The van der Waals surface area contributed by atoms with E-state index in [4.69, 9.17) is 9.47 Å². The van der Waals surface area contributed by atoms with Crippen molar-refractivity contribution in [1.82, 2.24) is 0 Å². The molecule has 1 saturated heterocycles. The molecule has 0 aromatic rings. The second-order valence-corrected chi connectivity index (χ2v) is 4.11. The van der Waals surface area contributed by atoms with Gasteiger partial charge in [-0.3, -0.25) is 0 Å². The average molecular weight is 172 g/mol. The van der Waals surface area contributed by atoms with Crippen molar-refractivity contribution in [2.24, 2.45) is 5.92 Å². The largest absolute Gasteiger partial charge is 0.356 e. The Morgan fingerprint density at radius 3 is 2.58 bits per heavy atom. The summed E-state index contributed by atoms with van der Waals surface area (Å²) in [6.07, 6.45) is 3.55. The van der Waals surface area contributed by atoms with Gasteiger partial charge in [-0.05, 0) is 26.2 Å². The van der Waals surface area contributed by atoms with Gasteiger partial charge in [0.2, 0.25) is 0 Å². The molecule has 1 heterocycles. The summed E-state index contributed by atoms with van der Waals surface area (Å²) < 4.78 is 10.9. The van der Waals surface area contributed by atoms with Gasteiger partial charge in [0, 0.05) is 13.5 Å². The Bertz CT molecular complexity index is 143. The Labute approximate surface area is 75.2 Å². The van der Waals surface area contributed by atoms with Crippen LogP contribution < -0.4 is 0 Å². The fourth-order valence-corrected chi connectivity index (χ4v) is 1.96. The summed E-state index contributed by atoms with van der Waals surface area (Å²) in [4.78, 5) is 0. The zero-order chi connectivity index (χ0) is 9.19. The molecule has 0 aromatic heterocycles. The van der Waals surface area contributed by atoms with E-state index in [1.807, 2.05) is 0 Å². The summed E-state index contributed by atoms with van der Waals surface area (Å²) in [5.41, 5.74) is 0.0106. The monoisotopic (exact) mass is 172 g/mol. The van der Waals surface area contributed by atoms with Crippen LogP contribution in [0.3, 0.4) is 0 Å². The highest BCUT2D eigenvalue weighted by Gasteiger charge is 2.40. The molecular weight excluding hydrogens is 152 g/mol. The van der Waals surface area contributed by atoms with Crippen molar-refractivity contribution in [2.45, 2.75) is 51.9 Å². The molecule has 1 aliphatic heterocycles. The van der Waals surface area contributed by atoms with Gasteiger partial charge >= 0.3 is 0 Å². The third-order valence-corrected chi connectivity index (χ3v) is 2.80. The van der Waals surface area contributed by atoms with Crippen LogP contribution in [0.15, 0.2) is 0 Å². The second kappa shape index (κ2) is 3.75. The van der Waals surface area contributed by atoms with Crippen LogP contribution in [0.4, 0.5) is 0 Å². The lowest BCUT2D eigenvalue weighted by Gasteiger charge is -2.25. The molecule has 0 spiro atoms. The molecule has 2 heteroatoms. The van der Waals surface area contributed by atoms with Gasteiger partial charge < -0.3 is 9.47 Å². The first kappa shape index (κ1) is 10.0. The molecular formula is C10H20O2. The molecule has 1 rings (SSSR count). The van der Waals surface area contributed by atoms with Crippen molar-refractivity contribution in [3.63, 3.8) is 0 Å². The van der Waals surface area contributed by atoms with Crippen LogP contribution in [-0.2, 0) is 9.47 Å². The van der Waals surface area contributed by atoms with Crippen LogP contribution in [0, 0.1) is 5.92 Å². The molecule has 0 aliphatic carbocycles. The van der Waals surface area contributed by atoms with E-state index >= 15 is 0 Å². The van der Waals surface area contributed by atoms with E-state index in [0.717, 1.165) is 6.42 Å². The zero-order valence-electron chi connectivity index (χ0n) is 8.59. The Morgan fingerprint density at radius 1 is 1.50 bits per heavy atom. The van der Waals surface area contributed by atoms with Crippen molar-refractivity contribution in [3.05, 3.63) is 0 Å². The normalized spacial score (nSPS) is 34.0. The van der Waals surface area contributed by atoms with Gasteiger partial charge in [0.05, 0.1) is 5.60 Å². The quantitative estimate of drug-likeness (QED) is 0.651. The SMILES string of the molecule is CCCC1CC(OC)OC1(C)C. The van der Waals surface area contributed by atoms with Crippen molar-refractivity contribution in [1.29, 1.82) is 0 Å². The van der Waals surface area contributed by atoms with Crippen molar-refractivity contribution in [2.75, 3.05) is 7.11 Å². The Balaban J connectivity index is 2.51. The van der Waals surface area contributed by atoms with Gasteiger partial charge in [0.25, 0.3) is 0 Å². The molecule has 2 atom stereocenters. The molecule has 2 unspecified atom stereocenters. The minimum atomic E-state index is 0.0106. The molecule has 0 N–H and O–H groups in total. The van der Waals surface area contributed by atoms with Gasteiger partial charge in [0.15, 0.2) is 6.29 Å². The van der Waals surface area contributed by atoms with Crippen LogP contribution in [-0.4, -0.2) is 19.0 Å². The van der Waals surface area contributed by atoms with E-state index in [0.29, 0.717) is 5.92 Å². The minimum absolute atomic E-state index is 0.0106.